The van der Waals surface area contributed by atoms with Crippen LogP contribution in [0.4, 0.5) is 0 Å². The van der Waals surface area contributed by atoms with Crippen molar-refractivity contribution in [3.63, 3.8) is 0 Å². The number of ether oxygens (including phenoxy) is 4. The second-order valence-corrected chi connectivity index (χ2v) is 9.51. The van der Waals surface area contributed by atoms with Crippen molar-refractivity contribution < 1.29 is 33.3 Å². The van der Waals surface area contributed by atoms with E-state index >= 15 is 0 Å². The zero-order chi connectivity index (χ0) is 26.4. The number of nitrogens with one attached hydrogen (secondary N) is 1. The van der Waals surface area contributed by atoms with Crippen LogP contribution in [0.5, 0.6) is 5.75 Å². The number of carbonyl (C=O) groups excluding carboxylic acids is 3. The summed E-state index contributed by atoms with van der Waals surface area (Å²) in [5.41, 5.74) is 2.83. The maximum Gasteiger partial charge on any atom is 0.336 e. The minimum atomic E-state index is -0.930. The summed E-state index contributed by atoms with van der Waals surface area (Å²) in [5.74, 6) is -2.59. The van der Waals surface area contributed by atoms with E-state index in [2.05, 4.69) is 5.32 Å². The van der Waals surface area contributed by atoms with E-state index in [0.717, 1.165) is 17.7 Å². The van der Waals surface area contributed by atoms with E-state index in [9.17, 15) is 14.4 Å². The van der Waals surface area contributed by atoms with Gasteiger partial charge in [0.15, 0.2) is 5.78 Å². The van der Waals surface area contributed by atoms with E-state index in [1.807, 2.05) is 52.0 Å². The zero-order valence-corrected chi connectivity index (χ0v) is 22.0. The third-order valence-corrected chi connectivity index (χ3v) is 6.42. The molecule has 0 saturated carbocycles. The molecule has 0 radical (unpaired) electrons. The largest absolute Gasteiger partial charge is 0.494 e. The SMILES string of the molecule is CCCOc1ccc([C@@H]2C(C(=O)OCCOC(C)C)=C(C)NC3=C2C(=O)[C@@H](C(=O)OC)[C@@H](C)C3)cc1. The molecule has 36 heavy (non-hydrogen) atoms. The number of carbonyl (C=O) groups is 3. The molecule has 0 spiro atoms. The summed E-state index contributed by atoms with van der Waals surface area (Å²) in [4.78, 5) is 39.6. The Morgan fingerprint density at radius 2 is 1.81 bits per heavy atom. The summed E-state index contributed by atoms with van der Waals surface area (Å²) in [6.07, 6.45) is 1.38. The number of dihydropyridines is 1. The molecular weight excluding hydrogens is 462 g/mol. The molecule has 1 aliphatic carbocycles. The molecule has 196 valence electrons. The van der Waals surface area contributed by atoms with Gasteiger partial charge in [0.25, 0.3) is 0 Å². The molecule has 0 saturated heterocycles. The fourth-order valence-corrected chi connectivity index (χ4v) is 4.76. The van der Waals surface area contributed by atoms with Crippen LogP contribution < -0.4 is 10.1 Å². The van der Waals surface area contributed by atoms with Gasteiger partial charge in [-0.3, -0.25) is 9.59 Å². The van der Waals surface area contributed by atoms with Crippen LogP contribution in [0.3, 0.4) is 0 Å². The highest BCUT2D eigenvalue weighted by atomic mass is 16.6. The fraction of sp³-hybridized carbons (Fsp3) is 0.536. The molecular formula is C28H37NO7. The Kier molecular flexibility index (Phi) is 9.31. The van der Waals surface area contributed by atoms with Crippen LogP contribution in [0.15, 0.2) is 46.8 Å². The van der Waals surface area contributed by atoms with Gasteiger partial charge in [-0.05, 0) is 57.2 Å². The average Bonchev–Trinajstić information content (AvgIpc) is 2.84. The number of Topliss-reactive ketones (excluding diaryl/α,β-unsaturated/α-hetero) is 1. The summed E-state index contributed by atoms with van der Waals surface area (Å²) in [6, 6.07) is 7.37. The van der Waals surface area contributed by atoms with Gasteiger partial charge in [0, 0.05) is 22.9 Å². The quantitative estimate of drug-likeness (QED) is 0.292. The molecule has 0 bridgehead atoms. The number of benzene rings is 1. The minimum absolute atomic E-state index is 0.0204. The highest BCUT2D eigenvalue weighted by molar-refractivity contribution is 6.12. The molecule has 3 rings (SSSR count). The van der Waals surface area contributed by atoms with E-state index in [-0.39, 0.29) is 31.0 Å². The molecule has 8 nitrogen and oxygen atoms in total. The Labute approximate surface area is 213 Å². The van der Waals surface area contributed by atoms with Gasteiger partial charge in [-0.2, -0.15) is 0 Å². The summed E-state index contributed by atoms with van der Waals surface area (Å²) >= 11 is 0. The number of rotatable bonds is 10. The standard InChI is InChI=1S/C28H37NO7/c1-7-12-35-20-10-8-19(9-11-20)24-23(28(32)36-14-13-34-16(2)3)18(5)29-21-15-17(4)22(27(31)33-6)26(30)25(21)24/h8-11,16-17,22,24,29H,7,12-15H2,1-6H3/t17-,22-,24+/m0/s1. The predicted octanol–water partition coefficient (Wildman–Crippen LogP) is 4.06. The van der Waals surface area contributed by atoms with Gasteiger partial charge in [-0.25, -0.2) is 4.79 Å². The second-order valence-electron chi connectivity index (χ2n) is 9.51. The molecule has 3 atom stereocenters. The van der Waals surface area contributed by atoms with Gasteiger partial charge in [-0.15, -0.1) is 0 Å². The molecule has 2 aliphatic rings. The molecule has 1 aromatic carbocycles. The lowest BCUT2D eigenvalue weighted by Gasteiger charge is -2.38. The first-order valence-corrected chi connectivity index (χ1v) is 12.5. The lowest BCUT2D eigenvalue weighted by atomic mass is 9.69. The van der Waals surface area contributed by atoms with Crippen molar-refractivity contribution in [3.05, 3.63) is 52.4 Å². The van der Waals surface area contributed by atoms with Crippen LogP contribution in [0.1, 0.15) is 58.9 Å². The van der Waals surface area contributed by atoms with E-state index in [4.69, 9.17) is 18.9 Å². The molecule has 1 aliphatic heterocycles. The number of esters is 2. The van der Waals surface area contributed by atoms with Crippen molar-refractivity contribution in [2.24, 2.45) is 11.8 Å². The normalized spacial score (nSPS) is 21.8. The highest BCUT2D eigenvalue weighted by Crippen LogP contribution is 2.45. The van der Waals surface area contributed by atoms with Crippen molar-refractivity contribution in [3.8, 4) is 5.75 Å². The number of hydrogen-bond acceptors (Lipinski definition) is 8. The van der Waals surface area contributed by atoms with Gasteiger partial charge in [0.05, 0.1) is 32.0 Å². The smallest absolute Gasteiger partial charge is 0.336 e. The molecule has 0 unspecified atom stereocenters. The molecule has 1 N–H and O–H groups in total. The van der Waals surface area contributed by atoms with Gasteiger partial charge in [-0.1, -0.05) is 26.0 Å². The van der Waals surface area contributed by atoms with Crippen molar-refractivity contribution in [2.45, 2.75) is 59.5 Å². The Morgan fingerprint density at radius 1 is 1.11 bits per heavy atom. The van der Waals surface area contributed by atoms with Crippen molar-refractivity contribution in [1.29, 1.82) is 0 Å². The first-order valence-electron chi connectivity index (χ1n) is 12.5. The number of hydrogen-bond donors (Lipinski definition) is 1. The van der Waals surface area contributed by atoms with Crippen LogP contribution >= 0.6 is 0 Å². The highest BCUT2D eigenvalue weighted by Gasteiger charge is 2.47. The van der Waals surface area contributed by atoms with Gasteiger partial charge >= 0.3 is 11.9 Å². The number of methoxy groups -OCH3 is 1. The van der Waals surface area contributed by atoms with E-state index in [0.29, 0.717) is 35.6 Å². The Balaban J connectivity index is 2.01. The summed E-state index contributed by atoms with van der Waals surface area (Å²) < 4.78 is 21.7. The zero-order valence-electron chi connectivity index (χ0n) is 22.0. The first-order chi connectivity index (χ1) is 17.2. The van der Waals surface area contributed by atoms with Gasteiger partial charge in [0.2, 0.25) is 0 Å². The number of ketones is 1. The van der Waals surface area contributed by atoms with Gasteiger partial charge < -0.3 is 24.3 Å². The summed E-state index contributed by atoms with van der Waals surface area (Å²) in [7, 11) is 1.28. The molecule has 1 aromatic rings. The predicted molar refractivity (Wildman–Crippen MR) is 134 cm³/mol. The summed E-state index contributed by atoms with van der Waals surface area (Å²) in [5, 5.41) is 3.26. The molecule has 8 heteroatoms. The minimum Gasteiger partial charge on any atom is -0.494 e. The Bertz CT molecular complexity index is 1040. The number of allylic oxidation sites excluding steroid dienone is 3. The third kappa shape index (κ3) is 5.98. The molecule has 0 aromatic heterocycles. The lowest BCUT2D eigenvalue weighted by Crippen LogP contribution is -2.43. The van der Waals surface area contributed by atoms with Crippen LogP contribution in [-0.4, -0.2) is 50.8 Å². The summed E-state index contributed by atoms with van der Waals surface area (Å²) in [6.45, 7) is 10.5. The monoisotopic (exact) mass is 499 g/mol. The average molecular weight is 500 g/mol. The van der Waals surface area contributed by atoms with Crippen LogP contribution in [0.25, 0.3) is 0 Å². The fourth-order valence-electron chi connectivity index (χ4n) is 4.76. The van der Waals surface area contributed by atoms with E-state index in [1.54, 1.807) is 6.92 Å². The second kappa shape index (κ2) is 12.2. The maximum absolute atomic E-state index is 13.8. The topological polar surface area (TPSA) is 100 Å². The van der Waals surface area contributed by atoms with E-state index in [1.165, 1.54) is 7.11 Å². The Hall–Kier alpha value is -3.13. The van der Waals surface area contributed by atoms with Gasteiger partial charge in [0.1, 0.15) is 18.3 Å². The van der Waals surface area contributed by atoms with Crippen molar-refractivity contribution in [1.82, 2.24) is 5.32 Å². The van der Waals surface area contributed by atoms with Crippen molar-refractivity contribution >= 4 is 17.7 Å². The maximum atomic E-state index is 13.8. The lowest BCUT2D eigenvalue weighted by molar-refractivity contribution is -0.151. The van der Waals surface area contributed by atoms with Crippen molar-refractivity contribution in [2.75, 3.05) is 26.9 Å². The van der Waals surface area contributed by atoms with Crippen LogP contribution in [0.2, 0.25) is 0 Å². The molecule has 0 amide bonds. The first kappa shape index (κ1) is 27.5. The third-order valence-electron chi connectivity index (χ3n) is 6.42. The molecule has 1 heterocycles. The van der Waals surface area contributed by atoms with Crippen LogP contribution in [-0.2, 0) is 28.6 Å². The Morgan fingerprint density at radius 3 is 2.42 bits per heavy atom. The van der Waals surface area contributed by atoms with E-state index < -0.39 is 23.8 Å². The van der Waals surface area contributed by atoms with Crippen LogP contribution in [0, 0.1) is 11.8 Å². The molecule has 0 fully saturated rings.